The monoisotopic (exact) mass is 191 g/mol. The molecular weight excluding hydrogens is 170 g/mol. The highest BCUT2D eigenvalue weighted by atomic mass is 35.5. The molecule has 0 aromatic rings. The normalized spacial score (nSPS) is 10.8. The minimum absolute atomic E-state index is 0. The topological polar surface area (TPSA) is 12.0 Å². The molecule has 0 aromatic heterocycles. The molecule has 0 bridgehead atoms. The number of unbranched alkanes of at least 4 members (excludes halogenated alkanes) is 2. The smallest absolute Gasteiger partial charge is 0.0143 e. The summed E-state index contributed by atoms with van der Waals surface area (Å²) in [6.45, 7) is 7.64. The summed E-state index contributed by atoms with van der Waals surface area (Å²) in [5.41, 5.74) is 1.38. The SMILES string of the molecule is CC=C(CC)NCCCCC.Cl. The van der Waals surface area contributed by atoms with Gasteiger partial charge in [0.25, 0.3) is 0 Å². The molecule has 0 fully saturated rings. The fourth-order valence-electron chi connectivity index (χ4n) is 1.06. The van der Waals surface area contributed by atoms with Gasteiger partial charge in [-0.3, -0.25) is 0 Å². The Hall–Kier alpha value is -0.170. The summed E-state index contributed by atoms with van der Waals surface area (Å²) in [7, 11) is 0. The molecule has 74 valence electrons. The van der Waals surface area contributed by atoms with E-state index in [2.05, 4.69) is 32.2 Å². The molecule has 0 spiro atoms. The maximum absolute atomic E-state index is 3.42. The van der Waals surface area contributed by atoms with Gasteiger partial charge in [-0.1, -0.05) is 32.8 Å². The van der Waals surface area contributed by atoms with E-state index in [9.17, 15) is 0 Å². The number of nitrogens with one attached hydrogen (secondary N) is 1. The second kappa shape index (κ2) is 10.8. The third kappa shape index (κ3) is 7.93. The lowest BCUT2D eigenvalue weighted by molar-refractivity contribution is 0.656. The van der Waals surface area contributed by atoms with Gasteiger partial charge in [-0.15, -0.1) is 12.4 Å². The van der Waals surface area contributed by atoms with Crippen LogP contribution in [0.15, 0.2) is 11.8 Å². The van der Waals surface area contributed by atoms with Crippen LogP contribution in [0.2, 0.25) is 0 Å². The van der Waals surface area contributed by atoms with Gasteiger partial charge in [0.1, 0.15) is 0 Å². The highest BCUT2D eigenvalue weighted by molar-refractivity contribution is 5.85. The molecule has 0 aromatic carbocycles. The molecule has 1 nitrogen and oxygen atoms in total. The van der Waals surface area contributed by atoms with Gasteiger partial charge in [-0.05, 0) is 19.8 Å². The van der Waals surface area contributed by atoms with E-state index in [0.717, 1.165) is 13.0 Å². The van der Waals surface area contributed by atoms with E-state index in [1.807, 2.05) is 0 Å². The van der Waals surface area contributed by atoms with Crippen molar-refractivity contribution in [3.63, 3.8) is 0 Å². The maximum Gasteiger partial charge on any atom is 0.0143 e. The standard InChI is InChI=1S/C10H21N.ClH/c1-4-7-8-9-11-10(5-2)6-3;/h5,11H,4,6-9H2,1-3H3;1H. The van der Waals surface area contributed by atoms with Crippen molar-refractivity contribution in [2.75, 3.05) is 6.54 Å². The molecule has 2 heteroatoms. The molecule has 0 rings (SSSR count). The number of rotatable bonds is 6. The predicted octanol–water partition coefficient (Wildman–Crippen LogP) is 3.50. The summed E-state index contributed by atoms with van der Waals surface area (Å²) in [6, 6.07) is 0. The first kappa shape index (κ1) is 14.4. The van der Waals surface area contributed by atoms with Crippen molar-refractivity contribution in [1.29, 1.82) is 0 Å². The number of hydrogen-bond donors (Lipinski definition) is 1. The van der Waals surface area contributed by atoms with Crippen molar-refractivity contribution in [3.8, 4) is 0 Å². The van der Waals surface area contributed by atoms with Crippen LogP contribution in [0.4, 0.5) is 0 Å². The molecule has 0 aliphatic heterocycles. The van der Waals surface area contributed by atoms with Crippen LogP contribution in [0.25, 0.3) is 0 Å². The zero-order valence-corrected chi connectivity index (χ0v) is 9.34. The first-order chi connectivity index (χ1) is 5.35. The van der Waals surface area contributed by atoms with Gasteiger partial charge in [0.2, 0.25) is 0 Å². The van der Waals surface area contributed by atoms with Crippen LogP contribution in [0.1, 0.15) is 46.5 Å². The Labute approximate surface area is 83.0 Å². The minimum Gasteiger partial charge on any atom is -0.389 e. The molecule has 0 radical (unpaired) electrons. The molecule has 0 unspecified atom stereocenters. The van der Waals surface area contributed by atoms with Crippen LogP contribution in [0.3, 0.4) is 0 Å². The van der Waals surface area contributed by atoms with E-state index < -0.39 is 0 Å². The van der Waals surface area contributed by atoms with E-state index in [-0.39, 0.29) is 12.4 Å². The summed E-state index contributed by atoms with van der Waals surface area (Å²) < 4.78 is 0. The van der Waals surface area contributed by atoms with Crippen LogP contribution >= 0.6 is 12.4 Å². The Morgan fingerprint density at radius 1 is 1.25 bits per heavy atom. The molecule has 0 saturated heterocycles. The van der Waals surface area contributed by atoms with Crippen molar-refractivity contribution < 1.29 is 0 Å². The second-order valence-corrected chi connectivity index (χ2v) is 2.80. The largest absolute Gasteiger partial charge is 0.389 e. The first-order valence-corrected chi connectivity index (χ1v) is 4.74. The molecule has 0 amide bonds. The molecule has 0 saturated carbocycles. The van der Waals surface area contributed by atoms with Gasteiger partial charge >= 0.3 is 0 Å². The van der Waals surface area contributed by atoms with Crippen molar-refractivity contribution >= 4 is 12.4 Å². The fourth-order valence-corrected chi connectivity index (χ4v) is 1.06. The lowest BCUT2D eigenvalue weighted by Crippen LogP contribution is -2.13. The van der Waals surface area contributed by atoms with Gasteiger partial charge in [0.05, 0.1) is 0 Å². The highest BCUT2D eigenvalue weighted by Gasteiger charge is 1.89. The summed E-state index contributed by atoms with van der Waals surface area (Å²) >= 11 is 0. The molecule has 0 aliphatic carbocycles. The average Bonchev–Trinajstić information content (AvgIpc) is 2.05. The zero-order chi connectivity index (χ0) is 8.53. The van der Waals surface area contributed by atoms with Crippen LogP contribution in [-0.2, 0) is 0 Å². The molecular formula is C10H22ClN. The molecule has 1 N–H and O–H groups in total. The second-order valence-electron chi connectivity index (χ2n) is 2.80. The maximum atomic E-state index is 3.42. The van der Waals surface area contributed by atoms with Gasteiger partial charge in [0.15, 0.2) is 0 Å². The van der Waals surface area contributed by atoms with E-state index in [1.54, 1.807) is 0 Å². The average molecular weight is 192 g/mol. The van der Waals surface area contributed by atoms with Gasteiger partial charge in [-0.2, -0.15) is 0 Å². The van der Waals surface area contributed by atoms with Crippen molar-refractivity contribution in [2.24, 2.45) is 0 Å². The number of halogens is 1. The Bertz CT molecular complexity index is 110. The Balaban J connectivity index is 0. The molecule has 12 heavy (non-hydrogen) atoms. The predicted molar refractivity (Wildman–Crippen MR) is 58.8 cm³/mol. The molecule has 0 heterocycles. The van der Waals surface area contributed by atoms with E-state index in [1.165, 1.54) is 25.0 Å². The zero-order valence-electron chi connectivity index (χ0n) is 8.52. The third-order valence-corrected chi connectivity index (χ3v) is 1.86. The lowest BCUT2D eigenvalue weighted by atomic mass is 10.2. The van der Waals surface area contributed by atoms with Crippen LogP contribution < -0.4 is 5.32 Å². The minimum atomic E-state index is 0. The van der Waals surface area contributed by atoms with E-state index in [4.69, 9.17) is 0 Å². The lowest BCUT2D eigenvalue weighted by Gasteiger charge is -2.07. The van der Waals surface area contributed by atoms with Gasteiger partial charge in [-0.25, -0.2) is 0 Å². The number of hydrogen-bond acceptors (Lipinski definition) is 1. The summed E-state index contributed by atoms with van der Waals surface area (Å²) in [6.07, 6.45) is 7.23. The summed E-state index contributed by atoms with van der Waals surface area (Å²) in [5, 5.41) is 3.42. The van der Waals surface area contributed by atoms with Crippen molar-refractivity contribution in [2.45, 2.75) is 46.5 Å². The van der Waals surface area contributed by atoms with Crippen molar-refractivity contribution in [1.82, 2.24) is 5.32 Å². The Morgan fingerprint density at radius 3 is 2.33 bits per heavy atom. The Kier molecular flexibility index (Phi) is 13.0. The third-order valence-electron chi connectivity index (χ3n) is 1.86. The van der Waals surface area contributed by atoms with Crippen molar-refractivity contribution in [3.05, 3.63) is 11.8 Å². The van der Waals surface area contributed by atoms with E-state index in [0.29, 0.717) is 0 Å². The highest BCUT2D eigenvalue weighted by Crippen LogP contribution is 1.97. The molecule has 0 atom stereocenters. The van der Waals surface area contributed by atoms with Crippen LogP contribution in [0.5, 0.6) is 0 Å². The van der Waals surface area contributed by atoms with Crippen LogP contribution in [-0.4, -0.2) is 6.54 Å². The van der Waals surface area contributed by atoms with Crippen LogP contribution in [0, 0.1) is 0 Å². The Morgan fingerprint density at radius 2 is 1.92 bits per heavy atom. The number of allylic oxidation sites excluding steroid dienone is 2. The van der Waals surface area contributed by atoms with Gasteiger partial charge < -0.3 is 5.32 Å². The summed E-state index contributed by atoms with van der Waals surface area (Å²) in [4.78, 5) is 0. The molecule has 0 aliphatic rings. The van der Waals surface area contributed by atoms with Gasteiger partial charge in [0, 0.05) is 12.2 Å². The fraction of sp³-hybridized carbons (Fsp3) is 0.800. The quantitative estimate of drug-likeness (QED) is 0.634. The summed E-state index contributed by atoms with van der Waals surface area (Å²) in [5.74, 6) is 0. The van der Waals surface area contributed by atoms with E-state index >= 15 is 0 Å². The first-order valence-electron chi connectivity index (χ1n) is 4.74.